The lowest BCUT2D eigenvalue weighted by atomic mass is 10.2. The fraction of sp³-hybridized carbons (Fsp3) is 0.238. The molecule has 0 N–H and O–H groups in total. The summed E-state index contributed by atoms with van der Waals surface area (Å²) in [6.45, 7) is 2.12. The molecule has 0 saturated carbocycles. The number of furan rings is 1. The Hall–Kier alpha value is -3.27. The SMILES string of the molecule is O=C(c1cc2ccccc2o1)N1CCN(c2nc3ccc(OC(F)(F)F)cc3s2)CC1. The van der Waals surface area contributed by atoms with Crippen LogP contribution in [0.2, 0.25) is 0 Å². The molecule has 0 spiro atoms. The Bertz CT molecular complexity index is 1230. The minimum Gasteiger partial charge on any atom is -0.451 e. The standard InChI is InChI=1S/C21H16F3N3O3S/c22-21(23,24)30-14-5-6-15-18(12-14)31-20(25-15)27-9-7-26(8-10-27)19(28)17-11-13-3-1-2-4-16(13)29-17/h1-6,11-12H,7-10H2. The van der Waals surface area contributed by atoms with E-state index in [9.17, 15) is 18.0 Å². The number of hydrogen-bond acceptors (Lipinski definition) is 6. The van der Waals surface area contributed by atoms with E-state index < -0.39 is 6.36 Å². The molecular weight excluding hydrogens is 431 g/mol. The molecule has 0 atom stereocenters. The van der Waals surface area contributed by atoms with Gasteiger partial charge in [-0.05, 0) is 24.3 Å². The second-order valence-electron chi connectivity index (χ2n) is 7.10. The molecule has 6 nitrogen and oxygen atoms in total. The van der Waals surface area contributed by atoms with Crippen LogP contribution in [0.4, 0.5) is 18.3 Å². The minimum atomic E-state index is -4.73. The van der Waals surface area contributed by atoms with Crippen molar-refractivity contribution in [2.24, 2.45) is 0 Å². The number of ether oxygens (including phenoxy) is 1. The lowest BCUT2D eigenvalue weighted by Gasteiger charge is -2.34. The normalized spacial score (nSPS) is 15.1. The van der Waals surface area contributed by atoms with Crippen LogP contribution >= 0.6 is 11.3 Å². The third kappa shape index (κ3) is 4.02. The first-order valence-corrected chi connectivity index (χ1v) is 10.4. The molecule has 3 heterocycles. The minimum absolute atomic E-state index is 0.158. The van der Waals surface area contributed by atoms with Gasteiger partial charge in [0.2, 0.25) is 0 Å². The number of aromatic nitrogens is 1. The lowest BCUT2D eigenvalue weighted by molar-refractivity contribution is -0.274. The van der Waals surface area contributed by atoms with E-state index in [0.717, 1.165) is 5.39 Å². The number of benzene rings is 2. The van der Waals surface area contributed by atoms with Crippen LogP contribution in [0.5, 0.6) is 5.75 Å². The molecular formula is C21H16F3N3O3S. The molecule has 0 bridgehead atoms. The van der Waals surface area contributed by atoms with E-state index >= 15 is 0 Å². The summed E-state index contributed by atoms with van der Waals surface area (Å²) >= 11 is 1.30. The van der Waals surface area contributed by atoms with Crippen LogP contribution in [0.25, 0.3) is 21.2 Å². The first kappa shape index (κ1) is 19.7. The van der Waals surface area contributed by atoms with Crippen molar-refractivity contribution in [3.05, 3.63) is 54.3 Å². The quantitative estimate of drug-likeness (QED) is 0.447. The molecule has 0 unspecified atom stereocenters. The molecule has 10 heteroatoms. The molecule has 1 aliphatic heterocycles. The molecule has 1 amide bonds. The average molecular weight is 447 g/mol. The molecule has 31 heavy (non-hydrogen) atoms. The van der Waals surface area contributed by atoms with Crippen molar-refractivity contribution in [1.82, 2.24) is 9.88 Å². The maximum Gasteiger partial charge on any atom is 0.573 e. The van der Waals surface area contributed by atoms with Crippen molar-refractivity contribution in [2.45, 2.75) is 6.36 Å². The van der Waals surface area contributed by atoms with Crippen molar-refractivity contribution in [2.75, 3.05) is 31.1 Å². The van der Waals surface area contributed by atoms with Gasteiger partial charge in [0, 0.05) is 37.6 Å². The van der Waals surface area contributed by atoms with E-state index in [1.165, 1.54) is 29.5 Å². The molecule has 2 aromatic carbocycles. The van der Waals surface area contributed by atoms with E-state index in [-0.39, 0.29) is 11.7 Å². The number of anilines is 1. The Balaban J connectivity index is 1.27. The van der Waals surface area contributed by atoms with Crippen LogP contribution < -0.4 is 9.64 Å². The zero-order chi connectivity index (χ0) is 21.6. The van der Waals surface area contributed by atoms with Gasteiger partial charge in [-0.3, -0.25) is 4.79 Å². The number of carbonyl (C=O) groups excluding carboxylic acids is 1. The fourth-order valence-corrected chi connectivity index (χ4v) is 4.61. The summed E-state index contributed by atoms with van der Waals surface area (Å²) in [5.74, 6) is -0.114. The highest BCUT2D eigenvalue weighted by Crippen LogP contribution is 2.33. The maximum absolute atomic E-state index is 12.8. The number of piperazine rings is 1. The van der Waals surface area contributed by atoms with Gasteiger partial charge in [0.1, 0.15) is 11.3 Å². The van der Waals surface area contributed by atoms with Gasteiger partial charge in [-0.15, -0.1) is 13.2 Å². The van der Waals surface area contributed by atoms with Crippen LogP contribution in [0.3, 0.4) is 0 Å². The zero-order valence-electron chi connectivity index (χ0n) is 16.1. The Kier molecular flexibility index (Phi) is 4.73. The molecule has 0 radical (unpaired) electrons. The largest absolute Gasteiger partial charge is 0.573 e. The molecule has 1 fully saturated rings. The van der Waals surface area contributed by atoms with Crippen molar-refractivity contribution < 1.29 is 27.1 Å². The highest BCUT2D eigenvalue weighted by atomic mass is 32.1. The number of thiazole rings is 1. The van der Waals surface area contributed by atoms with Crippen LogP contribution in [-0.2, 0) is 0 Å². The fourth-order valence-electron chi connectivity index (χ4n) is 3.57. The van der Waals surface area contributed by atoms with E-state index in [2.05, 4.69) is 9.72 Å². The number of para-hydroxylation sites is 1. The van der Waals surface area contributed by atoms with Gasteiger partial charge >= 0.3 is 6.36 Å². The third-order valence-electron chi connectivity index (χ3n) is 5.06. The molecule has 0 aliphatic carbocycles. The molecule has 1 saturated heterocycles. The number of fused-ring (bicyclic) bond motifs is 2. The summed E-state index contributed by atoms with van der Waals surface area (Å²) in [7, 11) is 0. The van der Waals surface area contributed by atoms with Crippen LogP contribution in [0.1, 0.15) is 10.6 Å². The summed E-state index contributed by atoms with van der Waals surface area (Å²) < 4.78 is 47.6. The van der Waals surface area contributed by atoms with Crippen LogP contribution in [-0.4, -0.2) is 48.3 Å². The highest BCUT2D eigenvalue weighted by Gasteiger charge is 2.31. The molecule has 2 aromatic heterocycles. The van der Waals surface area contributed by atoms with Crippen molar-refractivity contribution >= 4 is 43.6 Å². The van der Waals surface area contributed by atoms with Crippen LogP contribution in [0.15, 0.2) is 52.9 Å². The summed E-state index contributed by atoms with van der Waals surface area (Å²) in [6.07, 6.45) is -4.73. The van der Waals surface area contributed by atoms with Crippen molar-refractivity contribution in [3.63, 3.8) is 0 Å². The van der Waals surface area contributed by atoms with Gasteiger partial charge in [0.15, 0.2) is 10.9 Å². The van der Waals surface area contributed by atoms with Crippen LogP contribution in [0, 0.1) is 0 Å². The number of alkyl halides is 3. The summed E-state index contributed by atoms with van der Waals surface area (Å²) in [4.78, 5) is 21.1. The Morgan fingerprint density at radius 1 is 1.06 bits per heavy atom. The monoisotopic (exact) mass is 447 g/mol. The van der Waals surface area contributed by atoms with E-state index in [0.29, 0.717) is 52.9 Å². The second-order valence-corrected chi connectivity index (χ2v) is 8.11. The topological polar surface area (TPSA) is 58.8 Å². The number of nitrogens with zero attached hydrogens (tertiary/aromatic N) is 3. The van der Waals surface area contributed by atoms with E-state index in [1.807, 2.05) is 29.2 Å². The third-order valence-corrected chi connectivity index (χ3v) is 6.13. The van der Waals surface area contributed by atoms with Gasteiger partial charge in [-0.1, -0.05) is 29.5 Å². The number of hydrogen-bond donors (Lipinski definition) is 0. The van der Waals surface area contributed by atoms with Gasteiger partial charge < -0.3 is 19.0 Å². The number of rotatable bonds is 3. The second kappa shape index (κ2) is 7.45. The van der Waals surface area contributed by atoms with E-state index in [1.54, 1.807) is 11.0 Å². The first-order chi connectivity index (χ1) is 14.9. The Morgan fingerprint density at radius 3 is 2.58 bits per heavy atom. The zero-order valence-corrected chi connectivity index (χ0v) is 16.9. The predicted octanol–water partition coefficient (Wildman–Crippen LogP) is 4.90. The first-order valence-electron chi connectivity index (χ1n) is 9.55. The average Bonchev–Trinajstić information content (AvgIpc) is 3.36. The summed E-state index contributed by atoms with van der Waals surface area (Å²) in [5, 5.41) is 1.59. The molecule has 5 rings (SSSR count). The number of halogens is 3. The van der Waals surface area contributed by atoms with Crippen molar-refractivity contribution in [3.8, 4) is 5.75 Å². The molecule has 160 valence electrons. The van der Waals surface area contributed by atoms with Gasteiger partial charge in [0.05, 0.1) is 10.2 Å². The number of carbonyl (C=O) groups is 1. The molecule has 4 aromatic rings. The van der Waals surface area contributed by atoms with Crippen molar-refractivity contribution in [1.29, 1.82) is 0 Å². The summed E-state index contributed by atoms with van der Waals surface area (Å²) in [5.41, 5.74) is 1.28. The number of amides is 1. The Morgan fingerprint density at radius 2 is 1.84 bits per heavy atom. The van der Waals surface area contributed by atoms with E-state index in [4.69, 9.17) is 4.42 Å². The van der Waals surface area contributed by atoms with Gasteiger partial charge in [-0.25, -0.2) is 4.98 Å². The maximum atomic E-state index is 12.8. The van der Waals surface area contributed by atoms with Gasteiger partial charge in [0.25, 0.3) is 5.91 Å². The highest BCUT2D eigenvalue weighted by molar-refractivity contribution is 7.22. The molecule has 1 aliphatic rings. The van der Waals surface area contributed by atoms with Gasteiger partial charge in [-0.2, -0.15) is 0 Å². The lowest BCUT2D eigenvalue weighted by Crippen LogP contribution is -2.48. The predicted molar refractivity (Wildman–Crippen MR) is 111 cm³/mol. The Labute approximate surface area is 178 Å². The smallest absolute Gasteiger partial charge is 0.451 e. The summed E-state index contributed by atoms with van der Waals surface area (Å²) in [6, 6.07) is 13.3.